The molecule has 0 aromatic carbocycles. The van der Waals surface area contributed by atoms with Gasteiger partial charge < -0.3 is 4.74 Å². The summed E-state index contributed by atoms with van der Waals surface area (Å²) in [6, 6.07) is 6.38. The lowest BCUT2D eigenvalue weighted by molar-refractivity contribution is -0.144. The van der Waals surface area contributed by atoms with Crippen molar-refractivity contribution in [3.8, 4) is 0 Å². The maximum absolute atomic E-state index is 11.5. The fraction of sp³-hybridized carbons (Fsp3) is 0.538. The number of nitrogens with zero attached hydrogens (tertiary/aromatic N) is 2. The van der Waals surface area contributed by atoms with Gasteiger partial charge in [0, 0.05) is 18.8 Å². The Bertz CT molecular complexity index is 363. The second kappa shape index (κ2) is 5.77. The van der Waals surface area contributed by atoms with Crippen LogP contribution >= 0.6 is 0 Å². The highest BCUT2D eigenvalue weighted by Gasteiger charge is 2.30. The number of rotatable bonds is 6. The average Bonchev–Trinajstić information content (AvgIpc) is 3.14. The Morgan fingerprint density at radius 1 is 1.53 bits per heavy atom. The molecule has 0 aliphatic heterocycles. The van der Waals surface area contributed by atoms with Crippen molar-refractivity contribution in [1.82, 2.24) is 9.88 Å². The molecule has 1 aromatic heterocycles. The molecule has 1 fully saturated rings. The Balaban J connectivity index is 1.91. The summed E-state index contributed by atoms with van der Waals surface area (Å²) in [4.78, 5) is 17.9. The van der Waals surface area contributed by atoms with Crippen molar-refractivity contribution >= 4 is 5.97 Å². The minimum Gasteiger partial charge on any atom is -0.465 e. The molecule has 0 spiro atoms. The summed E-state index contributed by atoms with van der Waals surface area (Å²) in [6.45, 7) is 3.37. The topological polar surface area (TPSA) is 42.4 Å². The summed E-state index contributed by atoms with van der Waals surface area (Å²) < 4.78 is 4.99. The van der Waals surface area contributed by atoms with E-state index < -0.39 is 0 Å². The Labute approximate surface area is 102 Å². The first-order chi connectivity index (χ1) is 8.29. The van der Waals surface area contributed by atoms with Crippen LogP contribution in [0, 0.1) is 0 Å². The molecular weight excluding hydrogens is 216 g/mol. The Morgan fingerprint density at radius 3 is 2.94 bits per heavy atom. The predicted octanol–water partition coefficient (Wildman–Crippen LogP) is 1.61. The lowest BCUT2D eigenvalue weighted by atomic mass is 10.3. The lowest BCUT2D eigenvalue weighted by Crippen LogP contribution is -2.32. The third kappa shape index (κ3) is 3.82. The Kier molecular flexibility index (Phi) is 4.09. The quantitative estimate of drug-likeness (QED) is 0.701. The van der Waals surface area contributed by atoms with Crippen LogP contribution in [-0.4, -0.2) is 35.0 Å². The van der Waals surface area contributed by atoms with Crippen molar-refractivity contribution in [2.24, 2.45) is 0 Å². The molecule has 0 bridgehead atoms. The SMILES string of the molecule is CCOC(=O)CN(Cc1ccccn1)C1CC1. The summed E-state index contributed by atoms with van der Waals surface area (Å²) in [5, 5.41) is 0. The van der Waals surface area contributed by atoms with Crippen LogP contribution in [0.2, 0.25) is 0 Å². The molecule has 4 heteroatoms. The van der Waals surface area contributed by atoms with Crippen LogP contribution in [0.1, 0.15) is 25.5 Å². The zero-order valence-electron chi connectivity index (χ0n) is 10.1. The molecule has 1 aliphatic rings. The highest BCUT2D eigenvalue weighted by molar-refractivity contribution is 5.71. The van der Waals surface area contributed by atoms with Crippen molar-refractivity contribution in [3.05, 3.63) is 30.1 Å². The molecule has 0 atom stereocenters. The van der Waals surface area contributed by atoms with Gasteiger partial charge in [0.2, 0.25) is 0 Å². The van der Waals surface area contributed by atoms with Gasteiger partial charge in [0.1, 0.15) is 0 Å². The van der Waals surface area contributed by atoms with Crippen LogP contribution in [0.3, 0.4) is 0 Å². The van der Waals surface area contributed by atoms with E-state index in [0.717, 1.165) is 12.2 Å². The number of carbonyl (C=O) groups is 1. The van der Waals surface area contributed by atoms with Gasteiger partial charge in [0.15, 0.2) is 0 Å². The van der Waals surface area contributed by atoms with Gasteiger partial charge >= 0.3 is 5.97 Å². The summed E-state index contributed by atoms with van der Waals surface area (Å²) in [6.07, 6.45) is 4.13. The highest BCUT2D eigenvalue weighted by atomic mass is 16.5. The van der Waals surface area contributed by atoms with Crippen molar-refractivity contribution in [2.75, 3.05) is 13.2 Å². The molecular formula is C13H18N2O2. The Hall–Kier alpha value is -1.42. The van der Waals surface area contributed by atoms with Gasteiger partial charge in [-0.3, -0.25) is 14.7 Å². The third-order valence-corrected chi connectivity index (χ3v) is 2.79. The number of aromatic nitrogens is 1. The van der Waals surface area contributed by atoms with E-state index in [4.69, 9.17) is 4.74 Å². The van der Waals surface area contributed by atoms with Crippen LogP contribution in [-0.2, 0) is 16.1 Å². The smallest absolute Gasteiger partial charge is 0.320 e. The first kappa shape index (κ1) is 12.0. The van der Waals surface area contributed by atoms with Crippen LogP contribution in [0.15, 0.2) is 24.4 Å². The second-order valence-corrected chi connectivity index (χ2v) is 4.26. The molecule has 0 unspecified atom stereocenters. The van der Waals surface area contributed by atoms with Gasteiger partial charge in [0.05, 0.1) is 18.8 Å². The number of ether oxygens (including phenoxy) is 1. The highest BCUT2D eigenvalue weighted by Crippen LogP contribution is 2.27. The maximum atomic E-state index is 11.5. The monoisotopic (exact) mass is 234 g/mol. The molecule has 4 nitrogen and oxygen atoms in total. The molecule has 1 heterocycles. The lowest BCUT2D eigenvalue weighted by Gasteiger charge is -2.20. The van der Waals surface area contributed by atoms with Gasteiger partial charge in [-0.2, -0.15) is 0 Å². The maximum Gasteiger partial charge on any atom is 0.320 e. The van der Waals surface area contributed by atoms with Crippen molar-refractivity contribution in [2.45, 2.75) is 32.4 Å². The molecule has 0 saturated heterocycles. The first-order valence-corrected chi connectivity index (χ1v) is 6.09. The van der Waals surface area contributed by atoms with Crippen LogP contribution in [0.5, 0.6) is 0 Å². The molecule has 0 amide bonds. The summed E-state index contributed by atoms with van der Waals surface area (Å²) in [5.74, 6) is -0.143. The van der Waals surface area contributed by atoms with Crippen LogP contribution < -0.4 is 0 Å². The molecule has 2 rings (SSSR count). The minimum absolute atomic E-state index is 0.143. The van der Waals surface area contributed by atoms with E-state index in [2.05, 4.69) is 9.88 Å². The van der Waals surface area contributed by atoms with Crippen molar-refractivity contribution in [1.29, 1.82) is 0 Å². The zero-order valence-corrected chi connectivity index (χ0v) is 10.1. The van der Waals surface area contributed by atoms with Gasteiger partial charge in [-0.25, -0.2) is 0 Å². The molecule has 1 saturated carbocycles. The van der Waals surface area contributed by atoms with E-state index in [1.165, 1.54) is 12.8 Å². The number of hydrogen-bond acceptors (Lipinski definition) is 4. The number of esters is 1. The summed E-state index contributed by atoms with van der Waals surface area (Å²) >= 11 is 0. The van der Waals surface area contributed by atoms with Crippen molar-refractivity contribution < 1.29 is 9.53 Å². The van der Waals surface area contributed by atoms with E-state index in [9.17, 15) is 4.79 Å². The van der Waals surface area contributed by atoms with Gasteiger partial charge in [-0.05, 0) is 31.9 Å². The van der Waals surface area contributed by atoms with Gasteiger partial charge in [0.25, 0.3) is 0 Å². The molecule has 1 aliphatic carbocycles. The normalized spacial score (nSPS) is 14.9. The van der Waals surface area contributed by atoms with E-state index in [-0.39, 0.29) is 5.97 Å². The fourth-order valence-corrected chi connectivity index (χ4v) is 1.83. The van der Waals surface area contributed by atoms with Crippen LogP contribution in [0.25, 0.3) is 0 Å². The first-order valence-electron chi connectivity index (χ1n) is 6.09. The van der Waals surface area contributed by atoms with E-state index in [0.29, 0.717) is 19.2 Å². The average molecular weight is 234 g/mol. The second-order valence-electron chi connectivity index (χ2n) is 4.26. The van der Waals surface area contributed by atoms with E-state index in [1.54, 1.807) is 6.20 Å². The number of carbonyl (C=O) groups excluding carboxylic acids is 1. The van der Waals surface area contributed by atoms with Gasteiger partial charge in [-0.15, -0.1) is 0 Å². The minimum atomic E-state index is -0.143. The van der Waals surface area contributed by atoms with Crippen molar-refractivity contribution in [3.63, 3.8) is 0 Å². The molecule has 17 heavy (non-hydrogen) atoms. The number of hydrogen-bond donors (Lipinski definition) is 0. The standard InChI is InChI=1S/C13H18N2O2/c1-2-17-13(16)10-15(12-6-7-12)9-11-5-3-4-8-14-11/h3-5,8,12H,2,6-7,9-10H2,1H3. The van der Waals surface area contributed by atoms with Crippen LogP contribution in [0.4, 0.5) is 0 Å². The zero-order chi connectivity index (χ0) is 12.1. The van der Waals surface area contributed by atoms with E-state index >= 15 is 0 Å². The molecule has 0 radical (unpaired) electrons. The fourth-order valence-electron chi connectivity index (χ4n) is 1.83. The van der Waals surface area contributed by atoms with E-state index in [1.807, 2.05) is 25.1 Å². The number of pyridine rings is 1. The third-order valence-electron chi connectivity index (χ3n) is 2.79. The summed E-state index contributed by atoms with van der Waals surface area (Å²) in [5.41, 5.74) is 1.00. The molecule has 1 aromatic rings. The summed E-state index contributed by atoms with van der Waals surface area (Å²) in [7, 11) is 0. The van der Waals surface area contributed by atoms with Gasteiger partial charge in [-0.1, -0.05) is 6.07 Å². The largest absolute Gasteiger partial charge is 0.465 e. The molecule has 92 valence electrons. The molecule has 0 N–H and O–H groups in total. The Morgan fingerprint density at radius 2 is 2.35 bits per heavy atom. The predicted molar refractivity (Wildman–Crippen MR) is 64.3 cm³/mol.